The zero-order valence-corrected chi connectivity index (χ0v) is 12.7. The Morgan fingerprint density at radius 1 is 1.45 bits per heavy atom. The van der Waals surface area contributed by atoms with E-state index >= 15 is 0 Å². The maximum Gasteiger partial charge on any atom is 0.102 e. The number of halogens is 1. The molecular formula is C15H16ClN5O. The van der Waals surface area contributed by atoms with E-state index in [1.165, 1.54) is 0 Å². The minimum Gasteiger partial charge on any atom is -0.386 e. The Kier molecular flexibility index (Phi) is 4.01. The third-order valence-electron chi connectivity index (χ3n) is 3.92. The molecule has 3 rings (SSSR count). The van der Waals surface area contributed by atoms with Crippen LogP contribution in [0.3, 0.4) is 0 Å². The predicted octanol–water partition coefficient (Wildman–Crippen LogP) is 1.83. The topological polar surface area (TPSA) is 78.0 Å². The molecule has 0 spiro atoms. The van der Waals surface area contributed by atoms with Gasteiger partial charge in [0.25, 0.3) is 0 Å². The standard InChI is InChI=1S/C15H16ClN5O/c16-14-8-13(3-2-12(14)9-17)20-6-1-4-15(22,10-20)11-21-7-5-18-19-21/h2-3,5,7-8,22H,1,4,6,10-11H2. The minimum atomic E-state index is -0.855. The Labute approximate surface area is 133 Å². The summed E-state index contributed by atoms with van der Waals surface area (Å²) in [5, 5.41) is 27.9. The molecule has 0 aliphatic carbocycles. The van der Waals surface area contributed by atoms with Crippen LogP contribution in [0, 0.1) is 11.3 Å². The van der Waals surface area contributed by atoms with Gasteiger partial charge in [0.15, 0.2) is 0 Å². The van der Waals surface area contributed by atoms with Crippen LogP contribution in [0.4, 0.5) is 5.69 Å². The van der Waals surface area contributed by atoms with Crippen LogP contribution in [0.1, 0.15) is 18.4 Å². The normalized spacial score (nSPS) is 21.6. The van der Waals surface area contributed by atoms with Crippen molar-refractivity contribution in [1.82, 2.24) is 15.0 Å². The summed E-state index contributed by atoms with van der Waals surface area (Å²) in [7, 11) is 0. The van der Waals surface area contributed by atoms with Crippen molar-refractivity contribution in [2.24, 2.45) is 0 Å². The third-order valence-corrected chi connectivity index (χ3v) is 4.23. The van der Waals surface area contributed by atoms with E-state index in [4.69, 9.17) is 16.9 Å². The van der Waals surface area contributed by atoms with E-state index in [2.05, 4.69) is 21.3 Å². The summed E-state index contributed by atoms with van der Waals surface area (Å²) in [6.45, 7) is 1.75. The number of aliphatic hydroxyl groups is 1. The van der Waals surface area contributed by atoms with Crippen molar-refractivity contribution in [3.05, 3.63) is 41.2 Å². The van der Waals surface area contributed by atoms with E-state index in [9.17, 15) is 5.11 Å². The van der Waals surface area contributed by atoms with Gasteiger partial charge in [-0.3, -0.25) is 0 Å². The maximum absolute atomic E-state index is 10.8. The highest BCUT2D eigenvalue weighted by Crippen LogP contribution is 2.29. The molecule has 114 valence electrons. The van der Waals surface area contributed by atoms with E-state index in [0.717, 1.165) is 18.7 Å². The average Bonchev–Trinajstić information content (AvgIpc) is 2.99. The molecule has 7 heteroatoms. The Hall–Kier alpha value is -2.10. The van der Waals surface area contributed by atoms with Crippen molar-refractivity contribution >= 4 is 17.3 Å². The van der Waals surface area contributed by atoms with Crippen LogP contribution >= 0.6 is 11.6 Å². The first-order chi connectivity index (χ1) is 10.6. The number of nitrogens with zero attached hydrogens (tertiary/aromatic N) is 5. The van der Waals surface area contributed by atoms with E-state index in [1.807, 2.05) is 6.07 Å². The molecule has 1 aromatic heterocycles. The van der Waals surface area contributed by atoms with Crippen LogP contribution < -0.4 is 4.90 Å². The van der Waals surface area contributed by atoms with Gasteiger partial charge in [-0.1, -0.05) is 16.8 Å². The fourth-order valence-electron chi connectivity index (χ4n) is 2.87. The highest BCUT2D eigenvalue weighted by molar-refractivity contribution is 6.32. The van der Waals surface area contributed by atoms with Crippen LogP contribution in [-0.2, 0) is 6.54 Å². The first kappa shape index (κ1) is 14.8. The average molecular weight is 318 g/mol. The van der Waals surface area contributed by atoms with Crippen LogP contribution in [0.2, 0.25) is 5.02 Å². The van der Waals surface area contributed by atoms with Crippen molar-refractivity contribution in [3.8, 4) is 6.07 Å². The molecule has 1 atom stereocenters. The minimum absolute atomic E-state index is 0.410. The molecule has 2 aromatic rings. The molecule has 0 bridgehead atoms. The summed E-state index contributed by atoms with van der Waals surface area (Å²) in [6.07, 6.45) is 4.94. The molecule has 1 unspecified atom stereocenters. The lowest BCUT2D eigenvalue weighted by atomic mass is 9.92. The molecule has 2 heterocycles. The number of anilines is 1. The molecule has 1 aliphatic rings. The first-order valence-corrected chi connectivity index (χ1v) is 7.48. The zero-order chi connectivity index (χ0) is 15.6. The number of β-amino-alcohol motifs (C(OH)–C–C–N with tert-alkyl or cyclic N) is 1. The second-order valence-electron chi connectivity index (χ2n) is 5.63. The van der Waals surface area contributed by atoms with Gasteiger partial charge in [0.1, 0.15) is 11.7 Å². The van der Waals surface area contributed by atoms with E-state index in [0.29, 0.717) is 30.1 Å². The molecule has 6 nitrogen and oxygen atoms in total. The molecule has 1 saturated heterocycles. The molecule has 1 aliphatic heterocycles. The summed E-state index contributed by atoms with van der Waals surface area (Å²) >= 11 is 6.10. The number of piperidine rings is 1. The lowest BCUT2D eigenvalue weighted by Gasteiger charge is -2.40. The first-order valence-electron chi connectivity index (χ1n) is 7.11. The highest BCUT2D eigenvalue weighted by Gasteiger charge is 2.34. The highest BCUT2D eigenvalue weighted by atomic mass is 35.5. The van der Waals surface area contributed by atoms with Crippen molar-refractivity contribution in [1.29, 1.82) is 5.26 Å². The van der Waals surface area contributed by atoms with Crippen LogP contribution in [-0.4, -0.2) is 38.8 Å². The second-order valence-corrected chi connectivity index (χ2v) is 6.03. The Balaban J connectivity index is 1.78. The van der Waals surface area contributed by atoms with Gasteiger partial charge in [0.2, 0.25) is 0 Å². The largest absolute Gasteiger partial charge is 0.386 e. The number of hydrogen-bond donors (Lipinski definition) is 1. The summed E-state index contributed by atoms with van der Waals surface area (Å²) < 4.78 is 1.65. The van der Waals surface area contributed by atoms with Crippen molar-refractivity contribution in [3.63, 3.8) is 0 Å². The summed E-state index contributed by atoms with van der Waals surface area (Å²) in [5.41, 5.74) is 0.521. The Bertz CT molecular complexity index is 696. The van der Waals surface area contributed by atoms with Gasteiger partial charge in [-0.25, -0.2) is 4.68 Å². The van der Waals surface area contributed by atoms with Gasteiger partial charge in [0.05, 0.1) is 23.3 Å². The van der Waals surface area contributed by atoms with Crippen molar-refractivity contribution in [2.45, 2.75) is 25.0 Å². The van der Waals surface area contributed by atoms with Gasteiger partial charge in [-0.15, -0.1) is 5.10 Å². The fourth-order valence-corrected chi connectivity index (χ4v) is 3.09. The van der Waals surface area contributed by atoms with Gasteiger partial charge < -0.3 is 10.0 Å². The number of aromatic nitrogens is 3. The molecule has 0 amide bonds. The van der Waals surface area contributed by atoms with Crippen LogP contribution in [0.5, 0.6) is 0 Å². The Morgan fingerprint density at radius 3 is 3.00 bits per heavy atom. The molecule has 1 fully saturated rings. The smallest absolute Gasteiger partial charge is 0.102 e. The maximum atomic E-state index is 10.8. The zero-order valence-electron chi connectivity index (χ0n) is 12.0. The van der Waals surface area contributed by atoms with Crippen molar-refractivity contribution < 1.29 is 5.11 Å². The number of nitriles is 1. The molecule has 1 N–H and O–H groups in total. The molecule has 22 heavy (non-hydrogen) atoms. The quantitative estimate of drug-likeness (QED) is 0.934. The SMILES string of the molecule is N#Cc1ccc(N2CCCC(O)(Cn3ccnn3)C2)cc1Cl. The lowest BCUT2D eigenvalue weighted by molar-refractivity contribution is 0.00604. The second kappa shape index (κ2) is 5.95. The summed E-state index contributed by atoms with van der Waals surface area (Å²) in [5.74, 6) is 0. The summed E-state index contributed by atoms with van der Waals surface area (Å²) in [4.78, 5) is 2.09. The predicted molar refractivity (Wildman–Crippen MR) is 82.6 cm³/mol. The van der Waals surface area contributed by atoms with Crippen LogP contribution in [0.25, 0.3) is 0 Å². The molecular weight excluding hydrogens is 302 g/mol. The fraction of sp³-hybridized carbons (Fsp3) is 0.400. The lowest BCUT2D eigenvalue weighted by Crippen LogP contribution is -2.50. The van der Waals surface area contributed by atoms with E-state index in [-0.39, 0.29) is 0 Å². The monoisotopic (exact) mass is 317 g/mol. The van der Waals surface area contributed by atoms with Gasteiger partial charge in [0, 0.05) is 25.0 Å². The molecule has 0 radical (unpaired) electrons. The van der Waals surface area contributed by atoms with E-state index in [1.54, 1.807) is 29.2 Å². The number of hydrogen-bond acceptors (Lipinski definition) is 5. The van der Waals surface area contributed by atoms with Gasteiger partial charge in [-0.2, -0.15) is 5.26 Å². The van der Waals surface area contributed by atoms with Crippen LogP contribution in [0.15, 0.2) is 30.6 Å². The number of rotatable bonds is 3. The van der Waals surface area contributed by atoms with Gasteiger partial charge >= 0.3 is 0 Å². The molecule has 1 aromatic carbocycles. The third kappa shape index (κ3) is 3.06. The van der Waals surface area contributed by atoms with Gasteiger partial charge in [-0.05, 0) is 31.0 Å². The Morgan fingerprint density at radius 2 is 2.32 bits per heavy atom. The number of benzene rings is 1. The summed E-state index contributed by atoms with van der Waals surface area (Å²) in [6, 6.07) is 7.41. The molecule has 0 saturated carbocycles. The van der Waals surface area contributed by atoms with E-state index < -0.39 is 5.60 Å². The van der Waals surface area contributed by atoms with Crippen molar-refractivity contribution in [2.75, 3.05) is 18.0 Å².